The van der Waals surface area contributed by atoms with Gasteiger partial charge in [0.1, 0.15) is 12.5 Å². The van der Waals surface area contributed by atoms with Crippen LogP contribution in [0.4, 0.5) is 0 Å². The first-order valence-corrected chi connectivity index (χ1v) is 8.83. The Hall–Kier alpha value is -0.700. The number of aliphatic hydroxyl groups excluding tert-OH is 4. The zero-order valence-electron chi connectivity index (χ0n) is 16.1. The van der Waals surface area contributed by atoms with Crippen LogP contribution >= 0.6 is 0 Å². The molecule has 4 unspecified atom stereocenters. The van der Waals surface area contributed by atoms with Gasteiger partial charge in [-0.05, 0) is 52.7 Å². The van der Waals surface area contributed by atoms with Gasteiger partial charge in [0.15, 0.2) is 0 Å². The first-order valence-electron chi connectivity index (χ1n) is 8.83. The molecule has 0 rings (SSSR count). The second-order valence-corrected chi connectivity index (χ2v) is 5.91. The summed E-state index contributed by atoms with van der Waals surface area (Å²) in [7, 11) is 0. The largest absolute Gasteiger partial charge is 0.389 e. The van der Waals surface area contributed by atoms with E-state index in [-0.39, 0.29) is 0 Å². The number of hydrogen-bond donors (Lipinski definition) is 7. The van der Waals surface area contributed by atoms with Crippen molar-refractivity contribution in [3.8, 4) is 0 Å². The van der Waals surface area contributed by atoms with Gasteiger partial charge in [0.2, 0.25) is 0 Å². The van der Waals surface area contributed by atoms with Crippen molar-refractivity contribution >= 4 is 0 Å². The zero-order chi connectivity index (χ0) is 19.1. The molecule has 4 atom stereocenters. The molecule has 0 saturated carbocycles. The van der Waals surface area contributed by atoms with Gasteiger partial charge in [-0.3, -0.25) is 5.32 Å². The van der Waals surface area contributed by atoms with E-state index in [1.165, 1.54) is 0 Å². The normalized spacial score (nSPS) is 17.1. The molecule has 0 aliphatic heterocycles. The van der Waals surface area contributed by atoms with Crippen molar-refractivity contribution in [3.05, 3.63) is 11.3 Å². The van der Waals surface area contributed by atoms with Gasteiger partial charge in [0.25, 0.3) is 0 Å². The molecule has 0 aliphatic rings. The predicted octanol–water partition coefficient (Wildman–Crippen LogP) is 0.254. The third kappa shape index (κ3) is 14.9. The summed E-state index contributed by atoms with van der Waals surface area (Å²) in [6, 6.07) is 0. The summed E-state index contributed by atoms with van der Waals surface area (Å²) >= 11 is 0. The van der Waals surface area contributed by atoms with Crippen molar-refractivity contribution in [2.45, 2.75) is 79.0 Å². The number of aliphatic hydroxyl groups is 4. The molecule has 7 N–H and O–H groups in total. The summed E-state index contributed by atoms with van der Waals surface area (Å²) in [5, 5.41) is 45.3. The maximum Gasteiger partial charge on any atom is 0.103 e. The summed E-state index contributed by atoms with van der Waals surface area (Å²) in [6.07, 6.45) is -0.326. The minimum Gasteiger partial charge on any atom is -0.389 e. The van der Waals surface area contributed by atoms with Crippen molar-refractivity contribution in [2.24, 2.45) is 0 Å². The zero-order valence-corrected chi connectivity index (χ0v) is 16.1. The van der Waals surface area contributed by atoms with Crippen LogP contribution < -0.4 is 16.0 Å². The molecular weight excluding hydrogens is 310 g/mol. The molecule has 0 bridgehead atoms. The van der Waals surface area contributed by atoms with Crippen molar-refractivity contribution in [1.82, 2.24) is 16.0 Å². The van der Waals surface area contributed by atoms with Gasteiger partial charge in [-0.15, -0.1) is 0 Å². The van der Waals surface area contributed by atoms with Crippen LogP contribution in [0.1, 0.15) is 54.4 Å². The number of hydrogen-bond acceptors (Lipinski definition) is 7. The second-order valence-electron chi connectivity index (χ2n) is 5.91. The fourth-order valence-electron chi connectivity index (χ4n) is 2.01. The maximum atomic E-state index is 9.78. The third-order valence-corrected chi connectivity index (χ3v) is 3.06. The van der Waals surface area contributed by atoms with Crippen molar-refractivity contribution < 1.29 is 20.4 Å². The molecule has 0 radical (unpaired) electrons. The molecule has 24 heavy (non-hydrogen) atoms. The van der Waals surface area contributed by atoms with Crippen LogP contribution in [-0.2, 0) is 0 Å². The fraction of sp³-hybridized carbons (Fsp3) is 0.882. The molecule has 0 amide bonds. The molecule has 0 aromatic carbocycles. The van der Waals surface area contributed by atoms with Gasteiger partial charge in [-0.25, -0.2) is 0 Å². The Morgan fingerprint density at radius 1 is 0.792 bits per heavy atom. The third-order valence-electron chi connectivity index (χ3n) is 3.06. The summed E-state index contributed by atoms with van der Waals surface area (Å²) in [5.74, 6) is 0. The van der Waals surface area contributed by atoms with Crippen molar-refractivity contribution in [1.29, 1.82) is 0 Å². The topological polar surface area (TPSA) is 117 Å². The molecule has 146 valence electrons. The van der Waals surface area contributed by atoms with Crippen LogP contribution in [0.2, 0.25) is 0 Å². The van der Waals surface area contributed by atoms with E-state index in [1.807, 2.05) is 0 Å². The highest BCUT2D eigenvalue weighted by atomic mass is 16.3. The van der Waals surface area contributed by atoms with E-state index in [9.17, 15) is 10.2 Å². The lowest BCUT2D eigenvalue weighted by molar-refractivity contribution is 0.0632. The lowest BCUT2D eigenvalue weighted by atomic mass is 10.1. The SMILES string of the molecule is CC(O)NC(C)O.CCCNCC(=C(NCCC)C(C)O)C(C)O. The number of rotatable bonds is 11. The average molecular weight is 350 g/mol. The Morgan fingerprint density at radius 2 is 1.29 bits per heavy atom. The molecule has 0 saturated heterocycles. The van der Waals surface area contributed by atoms with Gasteiger partial charge in [0.05, 0.1) is 12.2 Å². The molecule has 7 nitrogen and oxygen atoms in total. The van der Waals surface area contributed by atoms with Crippen molar-refractivity contribution in [2.75, 3.05) is 19.6 Å². The van der Waals surface area contributed by atoms with Crippen LogP contribution in [0.5, 0.6) is 0 Å². The Balaban J connectivity index is 0. The second kappa shape index (κ2) is 15.8. The molecule has 0 aromatic rings. The predicted molar refractivity (Wildman–Crippen MR) is 98.3 cm³/mol. The Bertz CT molecular complexity index is 313. The van der Waals surface area contributed by atoms with E-state index < -0.39 is 24.7 Å². The van der Waals surface area contributed by atoms with E-state index in [0.717, 1.165) is 37.2 Å². The van der Waals surface area contributed by atoms with Gasteiger partial charge >= 0.3 is 0 Å². The van der Waals surface area contributed by atoms with E-state index in [0.29, 0.717) is 6.54 Å². The first-order chi connectivity index (χ1) is 11.2. The quantitative estimate of drug-likeness (QED) is 0.211. The van der Waals surface area contributed by atoms with Gasteiger partial charge in [-0.1, -0.05) is 13.8 Å². The highest BCUT2D eigenvalue weighted by molar-refractivity contribution is 5.20. The van der Waals surface area contributed by atoms with E-state index in [4.69, 9.17) is 10.2 Å². The molecule has 0 spiro atoms. The summed E-state index contributed by atoms with van der Waals surface area (Å²) in [4.78, 5) is 0. The summed E-state index contributed by atoms with van der Waals surface area (Å²) in [6.45, 7) is 13.1. The molecule has 0 heterocycles. The smallest absolute Gasteiger partial charge is 0.103 e. The molecular formula is C17H39N3O4. The average Bonchev–Trinajstić information content (AvgIpc) is 2.44. The lowest BCUT2D eigenvalue weighted by Crippen LogP contribution is -2.33. The molecule has 0 fully saturated rings. The van der Waals surface area contributed by atoms with Gasteiger partial charge in [-0.2, -0.15) is 0 Å². The van der Waals surface area contributed by atoms with E-state index in [2.05, 4.69) is 29.8 Å². The van der Waals surface area contributed by atoms with Crippen LogP contribution in [0.15, 0.2) is 11.3 Å². The Labute approximate surface area is 147 Å². The molecule has 0 aliphatic carbocycles. The standard InChI is InChI=1S/C13H28N2O2.C4H11NO2/c1-5-7-14-9-12(10(3)16)13(11(4)17)15-8-6-2;1-3(6)5-4(2)7/h10-11,14-17H,5-9H2,1-4H3;3-7H,1-2H3. The maximum absolute atomic E-state index is 9.78. The summed E-state index contributed by atoms with van der Waals surface area (Å²) < 4.78 is 0. The highest BCUT2D eigenvalue weighted by Crippen LogP contribution is 2.10. The minimum atomic E-state index is -0.625. The van der Waals surface area contributed by atoms with Crippen LogP contribution in [0.3, 0.4) is 0 Å². The van der Waals surface area contributed by atoms with Crippen LogP contribution in [0, 0.1) is 0 Å². The molecule has 0 aromatic heterocycles. The lowest BCUT2D eigenvalue weighted by Gasteiger charge is -2.21. The van der Waals surface area contributed by atoms with Gasteiger partial charge in [0, 0.05) is 18.8 Å². The van der Waals surface area contributed by atoms with Gasteiger partial charge < -0.3 is 31.1 Å². The monoisotopic (exact) mass is 349 g/mol. The van der Waals surface area contributed by atoms with E-state index >= 15 is 0 Å². The van der Waals surface area contributed by atoms with Crippen LogP contribution in [0.25, 0.3) is 0 Å². The molecule has 7 heteroatoms. The fourth-order valence-corrected chi connectivity index (χ4v) is 2.01. The van der Waals surface area contributed by atoms with E-state index in [1.54, 1.807) is 27.7 Å². The van der Waals surface area contributed by atoms with Crippen LogP contribution in [-0.4, -0.2) is 64.7 Å². The summed E-state index contributed by atoms with van der Waals surface area (Å²) in [5.41, 5.74) is 1.60. The highest BCUT2D eigenvalue weighted by Gasteiger charge is 2.15. The van der Waals surface area contributed by atoms with Crippen molar-refractivity contribution in [3.63, 3.8) is 0 Å². The minimum absolute atomic E-state index is 0.548. The number of nitrogens with one attached hydrogen (secondary N) is 3. The first kappa shape index (κ1) is 25.5. The Kier molecular flexibility index (Phi) is 16.8. The Morgan fingerprint density at radius 3 is 1.58 bits per heavy atom.